The zero-order valence-corrected chi connectivity index (χ0v) is 13.8. The van der Waals surface area contributed by atoms with Crippen molar-refractivity contribution in [3.8, 4) is 5.75 Å². The topological polar surface area (TPSA) is 44.5 Å². The highest BCUT2D eigenvalue weighted by Gasteiger charge is 2.39. The summed E-state index contributed by atoms with van der Waals surface area (Å²) in [6, 6.07) is 5.41. The van der Waals surface area contributed by atoms with Crippen molar-refractivity contribution in [1.82, 2.24) is 0 Å². The van der Waals surface area contributed by atoms with Gasteiger partial charge < -0.3 is 15.2 Å². The van der Waals surface area contributed by atoms with Crippen molar-refractivity contribution in [3.05, 3.63) is 28.8 Å². The summed E-state index contributed by atoms with van der Waals surface area (Å²) < 4.78 is 11.7. The summed E-state index contributed by atoms with van der Waals surface area (Å²) in [5.41, 5.74) is 7.28. The van der Waals surface area contributed by atoms with Gasteiger partial charge in [0.1, 0.15) is 5.75 Å². The number of rotatable bonds is 5. The van der Waals surface area contributed by atoms with Gasteiger partial charge in [-0.1, -0.05) is 37.3 Å². The molecule has 1 saturated carbocycles. The van der Waals surface area contributed by atoms with Gasteiger partial charge in [0, 0.05) is 17.2 Å². The molecule has 0 saturated heterocycles. The van der Waals surface area contributed by atoms with Crippen LogP contribution in [0.15, 0.2) is 18.2 Å². The number of methoxy groups -OCH3 is 1. The molecule has 1 aliphatic rings. The smallest absolute Gasteiger partial charge is 0.123 e. The van der Waals surface area contributed by atoms with Gasteiger partial charge in [0.05, 0.1) is 18.8 Å². The molecule has 0 radical (unpaired) electrons. The molecular formula is C17H26ClNO2. The van der Waals surface area contributed by atoms with Crippen molar-refractivity contribution < 1.29 is 9.47 Å². The Hall–Kier alpha value is -0.770. The Morgan fingerprint density at radius 2 is 1.90 bits per heavy atom. The zero-order chi connectivity index (χ0) is 15.3. The fourth-order valence-corrected chi connectivity index (χ4v) is 3.57. The molecule has 2 rings (SSSR count). The van der Waals surface area contributed by atoms with Crippen LogP contribution < -0.4 is 10.5 Å². The zero-order valence-electron chi connectivity index (χ0n) is 13.0. The molecule has 1 aromatic carbocycles. The van der Waals surface area contributed by atoms with E-state index in [0.717, 1.165) is 37.0 Å². The molecule has 4 heteroatoms. The number of hydrogen-bond acceptors (Lipinski definition) is 3. The van der Waals surface area contributed by atoms with Gasteiger partial charge in [-0.15, -0.1) is 0 Å². The maximum absolute atomic E-state index is 6.64. The average molecular weight is 312 g/mol. The predicted molar refractivity (Wildman–Crippen MR) is 87.0 cm³/mol. The van der Waals surface area contributed by atoms with E-state index in [9.17, 15) is 0 Å². The van der Waals surface area contributed by atoms with Crippen molar-refractivity contribution in [3.63, 3.8) is 0 Å². The van der Waals surface area contributed by atoms with Crippen LogP contribution in [-0.2, 0) is 4.74 Å². The lowest BCUT2D eigenvalue weighted by molar-refractivity contribution is -0.0699. The second-order valence-electron chi connectivity index (χ2n) is 5.78. The minimum absolute atomic E-state index is 0.218. The number of benzene rings is 1. The summed E-state index contributed by atoms with van der Waals surface area (Å²) in [5, 5.41) is 0.682. The van der Waals surface area contributed by atoms with Crippen LogP contribution in [-0.4, -0.2) is 19.3 Å². The van der Waals surface area contributed by atoms with E-state index in [1.165, 1.54) is 12.8 Å². The first-order chi connectivity index (χ1) is 10.1. The normalized spacial score (nSPS) is 19.8. The molecule has 1 fully saturated rings. The molecule has 0 heterocycles. The molecular weight excluding hydrogens is 286 g/mol. The minimum Gasteiger partial charge on any atom is -0.496 e. The third kappa shape index (κ3) is 3.71. The molecule has 2 N–H and O–H groups in total. The third-order valence-corrected chi connectivity index (χ3v) is 4.71. The van der Waals surface area contributed by atoms with Crippen LogP contribution in [0.3, 0.4) is 0 Å². The Labute approximate surface area is 132 Å². The van der Waals surface area contributed by atoms with Gasteiger partial charge in [0.25, 0.3) is 0 Å². The summed E-state index contributed by atoms with van der Waals surface area (Å²) in [6.07, 6.45) is 6.84. The summed E-state index contributed by atoms with van der Waals surface area (Å²) in [4.78, 5) is 0. The number of hydrogen-bond donors (Lipinski definition) is 1. The van der Waals surface area contributed by atoms with E-state index in [1.54, 1.807) is 7.11 Å². The lowest BCUT2D eigenvalue weighted by atomic mass is 9.82. The second kappa shape index (κ2) is 7.48. The van der Waals surface area contributed by atoms with Gasteiger partial charge in [-0.2, -0.15) is 0 Å². The molecule has 1 aromatic rings. The molecule has 1 atom stereocenters. The molecule has 0 amide bonds. The number of nitrogens with two attached hydrogens (primary N) is 1. The fourth-order valence-electron chi connectivity index (χ4n) is 3.39. The van der Waals surface area contributed by atoms with Crippen LogP contribution in [0.25, 0.3) is 0 Å². The highest BCUT2D eigenvalue weighted by Crippen LogP contribution is 2.42. The first-order valence-electron chi connectivity index (χ1n) is 7.86. The van der Waals surface area contributed by atoms with Gasteiger partial charge in [0.2, 0.25) is 0 Å². The van der Waals surface area contributed by atoms with Crippen molar-refractivity contribution in [2.75, 3.05) is 13.7 Å². The van der Waals surface area contributed by atoms with Crippen molar-refractivity contribution in [2.24, 2.45) is 5.73 Å². The van der Waals surface area contributed by atoms with Gasteiger partial charge in [-0.25, -0.2) is 0 Å². The molecule has 1 unspecified atom stereocenters. The lowest BCUT2D eigenvalue weighted by Crippen LogP contribution is -2.43. The van der Waals surface area contributed by atoms with Crippen molar-refractivity contribution in [1.29, 1.82) is 0 Å². The monoisotopic (exact) mass is 311 g/mol. The Kier molecular flexibility index (Phi) is 5.91. The highest BCUT2D eigenvalue weighted by atomic mass is 35.5. The molecule has 0 spiro atoms. The quantitative estimate of drug-likeness (QED) is 0.815. The van der Waals surface area contributed by atoms with E-state index in [2.05, 4.69) is 0 Å². The van der Waals surface area contributed by atoms with Gasteiger partial charge in [0.15, 0.2) is 0 Å². The first kappa shape index (κ1) is 16.6. The standard InChI is InChI=1S/C17H26ClNO2/c1-3-21-17(10-6-4-5-7-11-17)16(19)14-12-13(18)8-9-15(14)20-2/h8-9,12,16H,3-7,10-11,19H2,1-2H3. The highest BCUT2D eigenvalue weighted by molar-refractivity contribution is 6.30. The van der Waals surface area contributed by atoms with Crippen LogP contribution >= 0.6 is 11.6 Å². The Morgan fingerprint density at radius 1 is 1.24 bits per heavy atom. The van der Waals surface area contributed by atoms with E-state index in [4.69, 9.17) is 26.8 Å². The van der Waals surface area contributed by atoms with Crippen LogP contribution in [0.4, 0.5) is 0 Å². The molecule has 0 aromatic heterocycles. The third-order valence-electron chi connectivity index (χ3n) is 4.48. The lowest BCUT2D eigenvalue weighted by Gasteiger charge is -2.39. The SMILES string of the molecule is CCOC1(C(N)c2cc(Cl)ccc2OC)CCCCCC1. The molecule has 1 aliphatic carbocycles. The van der Waals surface area contributed by atoms with Gasteiger partial charge in [-0.3, -0.25) is 0 Å². The van der Waals surface area contributed by atoms with Crippen LogP contribution in [0.5, 0.6) is 5.75 Å². The van der Waals surface area contributed by atoms with Gasteiger partial charge in [-0.05, 0) is 38.0 Å². The van der Waals surface area contributed by atoms with Crippen molar-refractivity contribution in [2.45, 2.75) is 57.1 Å². The Bertz CT molecular complexity index is 456. The number of halogens is 1. The second-order valence-corrected chi connectivity index (χ2v) is 6.21. The van der Waals surface area contributed by atoms with Crippen molar-refractivity contribution >= 4 is 11.6 Å². The predicted octanol–water partition coefficient (Wildman–Crippen LogP) is 4.48. The van der Waals surface area contributed by atoms with Crippen LogP contribution in [0.1, 0.15) is 57.1 Å². The van der Waals surface area contributed by atoms with E-state index < -0.39 is 0 Å². The first-order valence-corrected chi connectivity index (χ1v) is 8.24. The van der Waals surface area contributed by atoms with E-state index in [0.29, 0.717) is 11.6 Å². The average Bonchev–Trinajstić information content (AvgIpc) is 2.73. The molecule has 21 heavy (non-hydrogen) atoms. The largest absolute Gasteiger partial charge is 0.496 e. The van der Waals surface area contributed by atoms with E-state index in [1.807, 2.05) is 25.1 Å². The molecule has 118 valence electrons. The maximum atomic E-state index is 6.64. The van der Waals surface area contributed by atoms with Gasteiger partial charge >= 0.3 is 0 Å². The fraction of sp³-hybridized carbons (Fsp3) is 0.647. The van der Waals surface area contributed by atoms with Crippen LogP contribution in [0, 0.1) is 0 Å². The molecule has 0 bridgehead atoms. The molecule has 0 aliphatic heterocycles. The molecule has 3 nitrogen and oxygen atoms in total. The summed E-state index contributed by atoms with van der Waals surface area (Å²) in [7, 11) is 1.67. The van der Waals surface area contributed by atoms with E-state index in [-0.39, 0.29) is 11.6 Å². The Morgan fingerprint density at radius 3 is 2.48 bits per heavy atom. The summed E-state index contributed by atoms with van der Waals surface area (Å²) >= 11 is 6.16. The summed E-state index contributed by atoms with van der Waals surface area (Å²) in [6.45, 7) is 2.71. The maximum Gasteiger partial charge on any atom is 0.123 e. The number of ether oxygens (including phenoxy) is 2. The van der Waals surface area contributed by atoms with E-state index >= 15 is 0 Å². The van der Waals surface area contributed by atoms with Crippen LogP contribution in [0.2, 0.25) is 5.02 Å². The summed E-state index contributed by atoms with van der Waals surface area (Å²) in [5.74, 6) is 0.787. The Balaban J connectivity index is 2.37. The minimum atomic E-state index is -0.302.